The number of aromatic hydroxyl groups is 1. The van der Waals surface area contributed by atoms with Crippen LogP contribution in [0.4, 0.5) is 4.39 Å². The van der Waals surface area contributed by atoms with Crippen LogP contribution in [-0.2, 0) is 6.42 Å². The van der Waals surface area contributed by atoms with E-state index in [0.717, 1.165) is 15.7 Å². The molecule has 3 N–H and O–H groups in total. The number of para-hydroxylation sites is 1. The fourth-order valence-corrected chi connectivity index (χ4v) is 4.07. The van der Waals surface area contributed by atoms with Crippen LogP contribution in [0, 0.1) is 10.6 Å². The SMILES string of the molecule is COc1cc2c(cc1OC)C(c1c(O)n(-c3ccccc3F)c(=S)[nH]c1=O)NCC2. The quantitative estimate of drug-likeness (QED) is 0.553. The van der Waals surface area contributed by atoms with Gasteiger partial charge < -0.3 is 19.9 Å². The van der Waals surface area contributed by atoms with Crippen molar-refractivity contribution in [2.24, 2.45) is 0 Å². The molecule has 0 amide bonds. The molecule has 1 unspecified atom stereocenters. The maximum absolute atomic E-state index is 14.4. The molecule has 0 aliphatic carbocycles. The van der Waals surface area contributed by atoms with Crippen LogP contribution in [-0.4, -0.2) is 35.4 Å². The number of aromatic nitrogens is 2. The van der Waals surface area contributed by atoms with E-state index in [1.165, 1.54) is 25.3 Å². The van der Waals surface area contributed by atoms with Crippen LogP contribution < -0.4 is 20.3 Å². The predicted molar refractivity (Wildman–Crippen MR) is 112 cm³/mol. The van der Waals surface area contributed by atoms with E-state index in [0.29, 0.717) is 24.5 Å². The fraction of sp³-hybridized carbons (Fsp3) is 0.238. The summed E-state index contributed by atoms with van der Waals surface area (Å²) in [7, 11) is 3.08. The van der Waals surface area contributed by atoms with Crippen LogP contribution in [0.3, 0.4) is 0 Å². The predicted octanol–water partition coefficient (Wildman–Crippen LogP) is 2.99. The molecule has 0 fully saturated rings. The van der Waals surface area contributed by atoms with Crippen LogP contribution >= 0.6 is 12.2 Å². The summed E-state index contributed by atoms with van der Waals surface area (Å²) in [5.41, 5.74) is 1.25. The lowest BCUT2D eigenvalue weighted by molar-refractivity contribution is 0.352. The van der Waals surface area contributed by atoms with Gasteiger partial charge in [0, 0.05) is 6.54 Å². The Kier molecular flexibility index (Phi) is 5.31. The Morgan fingerprint density at radius 1 is 1.20 bits per heavy atom. The zero-order valence-electron chi connectivity index (χ0n) is 16.4. The highest BCUT2D eigenvalue weighted by atomic mass is 32.1. The summed E-state index contributed by atoms with van der Waals surface area (Å²) in [5, 5.41) is 14.3. The summed E-state index contributed by atoms with van der Waals surface area (Å²) >= 11 is 5.20. The Bertz CT molecular complexity index is 1240. The van der Waals surface area contributed by atoms with Gasteiger partial charge in [-0.15, -0.1) is 0 Å². The zero-order valence-corrected chi connectivity index (χ0v) is 17.2. The number of hydrogen-bond donors (Lipinski definition) is 3. The summed E-state index contributed by atoms with van der Waals surface area (Å²) < 4.78 is 26.2. The molecule has 0 bridgehead atoms. The third kappa shape index (κ3) is 3.25. The van der Waals surface area contributed by atoms with Crippen LogP contribution in [0.25, 0.3) is 5.69 Å². The highest BCUT2D eigenvalue weighted by Gasteiger charge is 2.30. The molecule has 3 aromatic rings. The maximum Gasteiger partial charge on any atom is 0.260 e. The van der Waals surface area contributed by atoms with Crippen molar-refractivity contribution < 1.29 is 19.0 Å². The Balaban J connectivity index is 1.96. The number of nitrogens with zero attached hydrogens (tertiary/aromatic N) is 1. The first-order valence-corrected chi connectivity index (χ1v) is 9.68. The molecule has 7 nitrogen and oxygen atoms in total. The number of rotatable bonds is 4. The molecule has 2 heterocycles. The van der Waals surface area contributed by atoms with Gasteiger partial charge in [-0.1, -0.05) is 12.1 Å². The topological polar surface area (TPSA) is 88.5 Å². The molecule has 9 heteroatoms. The fourth-order valence-electron chi connectivity index (χ4n) is 3.80. The van der Waals surface area contributed by atoms with Crippen molar-refractivity contribution in [1.82, 2.24) is 14.9 Å². The molecule has 156 valence electrons. The van der Waals surface area contributed by atoms with Crippen LogP contribution in [0.2, 0.25) is 0 Å². The van der Waals surface area contributed by atoms with Gasteiger partial charge in [0.2, 0.25) is 5.88 Å². The number of H-pyrrole nitrogens is 1. The molecular formula is C21H20FN3O4S. The largest absolute Gasteiger partial charge is 0.494 e. The van der Waals surface area contributed by atoms with Crippen molar-refractivity contribution in [3.8, 4) is 23.1 Å². The first-order chi connectivity index (χ1) is 14.5. The molecular weight excluding hydrogens is 409 g/mol. The minimum atomic E-state index is -0.647. The first-order valence-electron chi connectivity index (χ1n) is 9.27. The zero-order chi connectivity index (χ0) is 21.4. The molecule has 30 heavy (non-hydrogen) atoms. The van der Waals surface area contributed by atoms with E-state index in [9.17, 15) is 14.3 Å². The Morgan fingerprint density at radius 2 is 1.90 bits per heavy atom. The van der Waals surface area contributed by atoms with Gasteiger partial charge in [0.25, 0.3) is 5.56 Å². The van der Waals surface area contributed by atoms with E-state index >= 15 is 0 Å². The second-order valence-corrected chi connectivity index (χ2v) is 7.21. The van der Waals surface area contributed by atoms with Gasteiger partial charge in [-0.05, 0) is 54.0 Å². The first kappa shape index (κ1) is 20.1. The van der Waals surface area contributed by atoms with E-state index in [4.69, 9.17) is 21.7 Å². The number of ether oxygens (including phenoxy) is 2. The number of fused-ring (bicyclic) bond motifs is 1. The van der Waals surface area contributed by atoms with Crippen molar-refractivity contribution in [2.45, 2.75) is 12.5 Å². The Morgan fingerprint density at radius 3 is 2.60 bits per heavy atom. The highest BCUT2D eigenvalue weighted by Crippen LogP contribution is 2.38. The number of methoxy groups -OCH3 is 2. The average Bonchev–Trinajstić information content (AvgIpc) is 2.73. The third-order valence-corrected chi connectivity index (χ3v) is 5.49. The molecule has 2 aromatic carbocycles. The number of benzene rings is 2. The van der Waals surface area contributed by atoms with Crippen molar-refractivity contribution >= 4 is 12.2 Å². The molecule has 0 spiro atoms. The van der Waals surface area contributed by atoms with Crippen LogP contribution in [0.15, 0.2) is 41.2 Å². The third-order valence-electron chi connectivity index (χ3n) is 5.20. The molecule has 1 aliphatic heterocycles. The second kappa shape index (κ2) is 7.92. The van der Waals surface area contributed by atoms with Crippen molar-refractivity contribution in [1.29, 1.82) is 0 Å². The summed E-state index contributed by atoms with van der Waals surface area (Å²) in [6, 6.07) is 8.88. The Labute approximate surface area is 176 Å². The second-order valence-electron chi connectivity index (χ2n) is 6.83. The molecule has 4 rings (SSSR count). The molecule has 1 aliphatic rings. The lowest BCUT2D eigenvalue weighted by Gasteiger charge is -2.29. The van der Waals surface area contributed by atoms with E-state index in [1.807, 2.05) is 6.07 Å². The van der Waals surface area contributed by atoms with Crippen LogP contribution in [0.5, 0.6) is 17.4 Å². The van der Waals surface area contributed by atoms with Crippen molar-refractivity contribution in [2.75, 3.05) is 20.8 Å². The highest BCUT2D eigenvalue weighted by molar-refractivity contribution is 7.71. The average molecular weight is 429 g/mol. The molecule has 1 atom stereocenters. The number of aromatic amines is 1. The maximum atomic E-state index is 14.4. The van der Waals surface area contributed by atoms with Crippen molar-refractivity contribution in [3.05, 3.63) is 74.0 Å². The minimum Gasteiger partial charge on any atom is -0.494 e. The molecule has 0 radical (unpaired) electrons. The van der Waals surface area contributed by atoms with Crippen molar-refractivity contribution in [3.63, 3.8) is 0 Å². The monoisotopic (exact) mass is 429 g/mol. The van der Waals surface area contributed by atoms with Gasteiger partial charge >= 0.3 is 0 Å². The lowest BCUT2D eigenvalue weighted by Crippen LogP contribution is -2.35. The van der Waals surface area contributed by atoms with Gasteiger partial charge in [-0.3, -0.25) is 14.3 Å². The lowest BCUT2D eigenvalue weighted by atomic mass is 9.90. The molecule has 1 aromatic heterocycles. The van der Waals surface area contributed by atoms with Crippen LogP contribution in [0.1, 0.15) is 22.7 Å². The van der Waals surface area contributed by atoms with E-state index in [1.54, 1.807) is 19.2 Å². The van der Waals surface area contributed by atoms with Gasteiger partial charge in [-0.2, -0.15) is 0 Å². The number of halogens is 1. The van der Waals surface area contributed by atoms with Gasteiger partial charge in [0.1, 0.15) is 5.82 Å². The van der Waals surface area contributed by atoms with E-state index in [2.05, 4.69) is 10.3 Å². The summed E-state index contributed by atoms with van der Waals surface area (Å²) in [5.74, 6) is 0.0828. The number of hydrogen-bond acceptors (Lipinski definition) is 6. The summed E-state index contributed by atoms with van der Waals surface area (Å²) in [6.45, 7) is 0.571. The Hall–Kier alpha value is -3.17. The standard InChI is InChI=1S/C21H20FN3O4S/c1-28-15-9-11-7-8-23-18(12(11)10-16(15)29-2)17-19(26)24-21(30)25(20(17)27)14-6-4-3-5-13(14)22/h3-6,9-10,18,23,27H,7-8H2,1-2H3,(H,24,26,30). The van der Waals surface area contributed by atoms with Gasteiger partial charge in [0.15, 0.2) is 16.3 Å². The summed E-state index contributed by atoms with van der Waals surface area (Å²) in [4.78, 5) is 15.4. The van der Waals surface area contributed by atoms with Gasteiger partial charge in [-0.25, -0.2) is 4.39 Å². The molecule has 0 saturated heterocycles. The minimum absolute atomic E-state index is 0.0417. The summed E-state index contributed by atoms with van der Waals surface area (Å²) in [6.07, 6.45) is 0.706. The molecule has 0 saturated carbocycles. The van der Waals surface area contributed by atoms with E-state index < -0.39 is 23.3 Å². The van der Waals surface area contributed by atoms with E-state index in [-0.39, 0.29) is 16.0 Å². The van der Waals surface area contributed by atoms with Gasteiger partial charge in [0.05, 0.1) is 31.5 Å². The normalized spacial score (nSPS) is 15.5. The number of nitrogens with one attached hydrogen (secondary N) is 2. The smallest absolute Gasteiger partial charge is 0.260 e.